The van der Waals surface area contributed by atoms with Crippen molar-refractivity contribution in [2.45, 2.75) is 6.92 Å². The van der Waals surface area contributed by atoms with Crippen LogP contribution in [0.4, 0.5) is 15.9 Å². The lowest BCUT2D eigenvalue weighted by Crippen LogP contribution is -2.46. The highest BCUT2D eigenvalue weighted by Crippen LogP contribution is 2.14. The summed E-state index contributed by atoms with van der Waals surface area (Å²) in [5.41, 5.74) is 0.594. The SMILES string of the molecule is CCN1CCN(c2cnc(C(=O)Nc3cccc(F)c3)cn2)CC1. The quantitative estimate of drug-likeness (QED) is 0.930. The lowest BCUT2D eigenvalue weighted by atomic mass is 10.3. The summed E-state index contributed by atoms with van der Waals surface area (Å²) in [6.45, 7) is 7.01. The molecule has 0 aliphatic carbocycles. The molecule has 24 heavy (non-hydrogen) atoms. The second-order valence-electron chi connectivity index (χ2n) is 5.65. The summed E-state index contributed by atoms with van der Waals surface area (Å²) >= 11 is 0. The molecule has 1 aliphatic rings. The Labute approximate surface area is 140 Å². The number of hydrogen-bond donors (Lipinski definition) is 1. The molecule has 3 rings (SSSR count). The van der Waals surface area contributed by atoms with E-state index in [-0.39, 0.29) is 5.69 Å². The summed E-state index contributed by atoms with van der Waals surface area (Å²) in [6, 6.07) is 5.74. The molecule has 2 aromatic rings. The Balaban J connectivity index is 1.63. The highest BCUT2D eigenvalue weighted by molar-refractivity contribution is 6.02. The number of halogens is 1. The van der Waals surface area contributed by atoms with E-state index in [1.165, 1.54) is 24.4 Å². The first-order chi connectivity index (χ1) is 11.7. The van der Waals surface area contributed by atoms with Crippen LogP contribution in [-0.2, 0) is 0 Å². The fourth-order valence-corrected chi connectivity index (χ4v) is 2.66. The molecule has 1 fully saturated rings. The molecule has 126 valence electrons. The van der Waals surface area contributed by atoms with Gasteiger partial charge in [0.1, 0.15) is 17.3 Å². The molecule has 0 bridgehead atoms. The number of piperazine rings is 1. The van der Waals surface area contributed by atoms with Crippen LogP contribution in [0, 0.1) is 5.82 Å². The molecule has 7 heteroatoms. The van der Waals surface area contributed by atoms with Crippen LogP contribution < -0.4 is 10.2 Å². The molecule has 0 spiro atoms. The summed E-state index contributed by atoms with van der Waals surface area (Å²) in [6.07, 6.45) is 3.07. The Morgan fingerprint density at radius 1 is 1.21 bits per heavy atom. The molecule has 6 nitrogen and oxygen atoms in total. The zero-order valence-corrected chi connectivity index (χ0v) is 13.6. The average molecular weight is 329 g/mol. The highest BCUT2D eigenvalue weighted by Gasteiger charge is 2.17. The van der Waals surface area contributed by atoms with Gasteiger partial charge in [-0.3, -0.25) is 4.79 Å². The molecule has 1 aromatic carbocycles. The maximum Gasteiger partial charge on any atom is 0.275 e. The van der Waals surface area contributed by atoms with Crippen molar-refractivity contribution in [3.63, 3.8) is 0 Å². The van der Waals surface area contributed by atoms with E-state index in [0.717, 1.165) is 38.5 Å². The van der Waals surface area contributed by atoms with Crippen molar-refractivity contribution in [2.24, 2.45) is 0 Å². The van der Waals surface area contributed by atoms with Gasteiger partial charge in [-0.05, 0) is 24.7 Å². The summed E-state index contributed by atoms with van der Waals surface area (Å²) < 4.78 is 13.1. The summed E-state index contributed by atoms with van der Waals surface area (Å²) in [5.74, 6) is -0.0380. The van der Waals surface area contributed by atoms with Crippen molar-refractivity contribution in [3.05, 3.63) is 48.2 Å². The molecule has 1 saturated heterocycles. The van der Waals surface area contributed by atoms with Crippen LogP contribution >= 0.6 is 0 Å². The number of carbonyl (C=O) groups excluding carboxylic acids is 1. The number of carbonyl (C=O) groups is 1. The van der Waals surface area contributed by atoms with Crippen LogP contribution in [0.5, 0.6) is 0 Å². The number of hydrogen-bond acceptors (Lipinski definition) is 5. The number of likely N-dealkylation sites (N-methyl/N-ethyl adjacent to an activating group) is 1. The normalized spacial score (nSPS) is 15.3. The predicted molar refractivity (Wildman–Crippen MR) is 90.7 cm³/mol. The third-order valence-corrected chi connectivity index (χ3v) is 4.10. The second kappa shape index (κ2) is 7.35. The van der Waals surface area contributed by atoms with Gasteiger partial charge in [0.2, 0.25) is 0 Å². The fraction of sp³-hybridized carbons (Fsp3) is 0.353. The first-order valence-corrected chi connectivity index (χ1v) is 8.02. The van der Waals surface area contributed by atoms with Crippen LogP contribution in [0.3, 0.4) is 0 Å². The molecule has 1 aromatic heterocycles. The van der Waals surface area contributed by atoms with Gasteiger partial charge in [0.25, 0.3) is 5.91 Å². The maximum absolute atomic E-state index is 13.1. The molecule has 0 radical (unpaired) electrons. The van der Waals surface area contributed by atoms with Crippen molar-refractivity contribution in [2.75, 3.05) is 42.9 Å². The zero-order valence-electron chi connectivity index (χ0n) is 13.6. The van der Waals surface area contributed by atoms with Crippen LogP contribution in [0.15, 0.2) is 36.7 Å². The lowest BCUT2D eigenvalue weighted by molar-refractivity contribution is 0.102. The lowest BCUT2D eigenvalue weighted by Gasteiger charge is -2.34. The number of nitrogens with one attached hydrogen (secondary N) is 1. The summed E-state index contributed by atoms with van der Waals surface area (Å²) in [5, 5.41) is 2.61. The van der Waals surface area contributed by atoms with Crippen molar-refractivity contribution >= 4 is 17.4 Å². The fourth-order valence-electron chi connectivity index (χ4n) is 2.66. The van der Waals surface area contributed by atoms with E-state index in [1.807, 2.05) is 0 Å². The average Bonchev–Trinajstić information content (AvgIpc) is 2.62. The van der Waals surface area contributed by atoms with Crippen LogP contribution in [0.25, 0.3) is 0 Å². The van der Waals surface area contributed by atoms with E-state index in [9.17, 15) is 9.18 Å². The van der Waals surface area contributed by atoms with Gasteiger partial charge in [-0.25, -0.2) is 14.4 Å². The Morgan fingerprint density at radius 3 is 2.62 bits per heavy atom. The predicted octanol–water partition coefficient (Wildman–Crippen LogP) is 2.01. The van der Waals surface area contributed by atoms with Crippen LogP contribution in [0.2, 0.25) is 0 Å². The molecule has 0 saturated carbocycles. The first kappa shape index (κ1) is 16.3. The topological polar surface area (TPSA) is 61.4 Å². The van der Waals surface area contributed by atoms with Crippen LogP contribution in [0.1, 0.15) is 17.4 Å². The molecule has 0 unspecified atom stereocenters. The van der Waals surface area contributed by atoms with Gasteiger partial charge < -0.3 is 15.1 Å². The van der Waals surface area contributed by atoms with Crippen molar-refractivity contribution < 1.29 is 9.18 Å². The largest absolute Gasteiger partial charge is 0.353 e. The third kappa shape index (κ3) is 3.86. The van der Waals surface area contributed by atoms with E-state index in [2.05, 4.69) is 32.0 Å². The number of aromatic nitrogens is 2. The number of anilines is 2. The molecule has 0 atom stereocenters. The van der Waals surface area contributed by atoms with Gasteiger partial charge in [0.05, 0.1) is 12.4 Å². The second-order valence-corrected chi connectivity index (χ2v) is 5.65. The van der Waals surface area contributed by atoms with E-state index < -0.39 is 11.7 Å². The highest BCUT2D eigenvalue weighted by atomic mass is 19.1. The van der Waals surface area contributed by atoms with Crippen LogP contribution in [-0.4, -0.2) is 53.5 Å². The summed E-state index contributed by atoms with van der Waals surface area (Å²) in [7, 11) is 0. The molecule has 1 amide bonds. The number of benzene rings is 1. The van der Waals surface area contributed by atoms with Gasteiger partial charge in [0.15, 0.2) is 0 Å². The van der Waals surface area contributed by atoms with Gasteiger partial charge in [-0.15, -0.1) is 0 Å². The van der Waals surface area contributed by atoms with Gasteiger partial charge in [-0.1, -0.05) is 13.0 Å². The minimum absolute atomic E-state index is 0.204. The van der Waals surface area contributed by atoms with Gasteiger partial charge in [-0.2, -0.15) is 0 Å². The van der Waals surface area contributed by atoms with E-state index in [4.69, 9.17) is 0 Å². The standard InChI is InChI=1S/C17H20FN5O/c1-2-22-6-8-23(9-7-22)16-12-19-15(11-20-16)17(24)21-14-5-3-4-13(18)10-14/h3-5,10-12H,2,6-9H2,1H3,(H,21,24). The molecular formula is C17H20FN5O. The van der Waals surface area contributed by atoms with Gasteiger partial charge >= 0.3 is 0 Å². The number of rotatable bonds is 4. The maximum atomic E-state index is 13.1. The first-order valence-electron chi connectivity index (χ1n) is 8.02. The Morgan fingerprint density at radius 2 is 2.00 bits per heavy atom. The number of amides is 1. The van der Waals surface area contributed by atoms with E-state index >= 15 is 0 Å². The van der Waals surface area contributed by atoms with Crippen molar-refractivity contribution in [1.29, 1.82) is 0 Å². The zero-order chi connectivity index (χ0) is 16.9. The molecule has 1 N–H and O–H groups in total. The Kier molecular flexibility index (Phi) is 5.00. The smallest absolute Gasteiger partial charge is 0.275 e. The molecule has 2 heterocycles. The molecular weight excluding hydrogens is 309 g/mol. The van der Waals surface area contributed by atoms with Gasteiger partial charge in [0, 0.05) is 31.9 Å². The monoisotopic (exact) mass is 329 g/mol. The van der Waals surface area contributed by atoms with Crippen molar-refractivity contribution in [1.82, 2.24) is 14.9 Å². The Hall–Kier alpha value is -2.54. The van der Waals surface area contributed by atoms with E-state index in [1.54, 1.807) is 12.3 Å². The minimum Gasteiger partial charge on any atom is -0.353 e. The minimum atomic E-state index is -0.407. The van der Waals surface area contributed by atoms with E-state index in [0.29, 0.717) is 5.69 Å². The Bertz CT molecular complexity index is 698. The molecule has 1 aliphatic heterocycles. The summed E-state index contributed by atoms with van der Waals surface area (Å²) in [4.78, 5) is 25.2. The third-order valence-electron chi connectivity index (χ3n) is 4.10. The number of nitrogens with zero attached hydrogens (tertiary/aromatic N) is 4. The van der Waals surface area contributed by atoms with Crippen molar-refractivity contribution in [3.8, 4) is 0 Å².